The third kappa shape index (κ3) is 5.85. The standard InChI is InChI=1S/C35H42BrN3O5S/c1-6-16-37(24-12-14-25(15-13-24)44-8-3)32(41)28-29-33(42)39(18-9-19-40)31(35(29)21-26(36)30(28)45-35)34(43)38(17-7-2)27-20-22(4)10-11-23(27)5/h6-7,10-15,20,26,28-31,40H,1-2,8-9,16-19,21H2,3-5H3/t26?,28-,29+,30-,31?,35?/m1/s1. The smallest absolute Gasteiger partial charge is 0.251 e. The highest BCUT2D eigenvalue weighted by molar-refractivity contribution is 9.09. The van der Waals surface area contributed by atoms with Gasteiger partial charge < -0.3 is 24.5 Å². The van der Waals surface area contributed by atoms with E-state index in [0.29, 0.717) is 30.9 Å². The number of likely N-dealkylation sites (tertiary alicyclic amines) is 1. The maximum absolute atomic E-state index is 14.8. The number of rotatable bonds is 13. The third-order valence-electron chi connectivity index (χ3n) is 9.14. The molecule has 45 heavy (non-hydrogen) atoms. The summed E-state index contributed by atoms with van der Waals surface area (Å²) in [6, 6.07) is 12.6. The first-order valence-electron chi connectivity index (χ1n) is 15.5. The summed E-state index contributed by atoms with van der Waals surface area (Å²) in [5.74, 6) is -1.15. The van der Waals surface area contributed by atoms with Crippen molar-refractivity contribution in [3.8, 4) is 5.75 Å². The highest BCUT2D eigenvalue weighted by Crippen LogP contribution is 2.68. The Morgan fingerprint density at radius 1 is 1.11 bits per heavy atom. The van der Waals surface area contributed by atoms with E-state index in [2.05, 4.69) is 29.1 Å². The summed E-state index contributed by atoms with van der Waals surface area (Å²) in [5.41, 5.74) is 3.44. The van der Waals surface area contributed by atoms with Crippen LogP contribution in [0.1, 0.15) is 30.9 Å². The van der Waals surface area contributed by atoms with Crippen LogP contribution in [-0.4, -0.2) is 81.4 Å². The van der Waals surface area contributed by atoms with E-state index in [1.54, 1.807) is 38.6 Å². The summed E-state index contributed by atoms with van der Waals surface area (Å²) in [6.45, 7) is 14.9. The number of nitrogens with zero attached hydrogens (tertiary/aromatic N) is 3. The van der Waals surface area contributed by atoms with E-state index in [-0.39, 0.29) is 54.0 Å². The monoisotopic (exact) mass is 695 g/mol. The second-order valence-corrected chi connectivity index (χ2v) is 14.7. The van der Waals surface area contributed by atoms with E-state index in [9.17, 15) is 19.5 Å². The maximum atomic E-state index is 14.8. The van der Waals surface area contributed by atoms with Gasteiger partial charge in [0.1, 0.15) is 11.8 Å². The minimum atomic E-state index is -0.807. The zero-order chi connectivity index (χ0) is 32.5. The number of hydrogen-bond acceptors (Lipinski definition) is 6. The lowest BCUT2D eigenvalue weighted by molar-refractivity contribution is -0.139. The molecule has 2 aromatic carbocycles. The number of hydrogen-bond donors (Lipinski definition) is 1. The summed E-state index contributed by atoms with van der Waals surface area (Å²) in [5, 5.41) is 9.57. The summed E-state index contributed by atoms with van der Waals surface area (Å²) in [7, 11) is 0. The number of benzene rings is 2. The number of fused-ring (bicyclic) bond motifs is 1. The van der Waals surface area contributed by atoms with E-state index in [1.807, 2.05) is 63.2 Å². The molecule has 3 aliphatic rings. The number of ether oxygens (including phenoxy) is 1. The number of alkyl halides is 1. The molecule has 1 spiro atoms. The Morgan fingerprint density at radius 2 is 1.80 bits per heavy atom. The second-order valence-electron chi connectivity index (χ2n) is 12.0. The quantitative estimate of drug-likeness (QED) is 0.226. The van der Waals surface area contributed by atoms with Crippen LogP contribution in [0.4, 0.5) is 11.4 Å². The first-order chi connectivity index (χ1) is 21.6. The maximum Gasteiger partial charge on any atom is 0.251 e. The lowest BCUT2D eigenvalue weighted by Crippen LogP contribution is -2.56. The Labute approximate surface area is 278 Å². The van der Waals surface area contributed by atoms with Crippen LogP contribution in [0, 0.1) is 25.7 Å². The predicted octanol–water partition coefficient (Wildman–Crippen LogP) is 5.29. The summed E-state index contributed by atoms with van der Waals surface area (Å²) >= 11 is 5.48. The number of anilines is 2. The first-order valence-corrected chi connectivity index (χ1v) is 17.3. The largest absolute Gasteiger partial charge is 0.494 e. The SMILES string of the molecule is C=CCN(C(=O)[C@H]1[C@@H]2SC3(CC2Br)C(C(=O)N(CC=C)c2cc(C)ccc2C)N(CCCO)C(=O)[C@H]13)c1ccc(OCC)cc1. The average molecular weight is 697 g/mol. The normalized spacial score (nSPS) is 26.5. The fourth-order valence-electron chi connectivity index (χ4n) is 7.29. The molecule has 3 saturated heterocycles. The van der Waals surface area contributed by atoms with E-state index in [1.165, 1.54) is 0 Å². The van der Waals surface area contributed by atoms with Crippen LogP contribution in [0.25, 0.3) is 0 Å². The van der Waals surface area contributed by atoms with Gasteiger partial charge in [-0.15, -0.1) is 24.9 Å². The molecule has 5 rings (SSSR count). The Bertz CT molecular complexity index is 1470. The van der Waals surface area contributed by atoms with Crippen LogP contribution in [0.15, 0.2) is 67.8 Å². The molecule has 3 heterocycles. The molecule has 0 saturated carbocycles. The van der Waals surface area contributed by atoms with Crippen LogP contribution in [0.2, 0.25) is 0 Å². The van der Waals surface area contributed by atoms with Gasteiger partial charge in [0.05, 0.1) is 23.2 Å². The van der Waals surface area contributed by atoms with Crippen LogP contribution in [-0.2, 0) is 14.4 Å². The molecule has 3 amide bonds. The third-order valence-corrected chi connectivity index (χ3v) is 12.4. The summed E-state index contributed by atoms with van der Waals surface area (Å²) in [6.07, 6.45) is 4.30. The van der Waals surface area contributed by atoms with Crippen molar-refractivity contribution in [1.82, 2.24) is 4.90 Å². The number of aryl methyl sites for hydroxylation is 2. The van der Waals surface area contributed by atoms with Crippen molar-refractivity contribution in [2.75, 3.05) is 42.6 Å². The number of carbonyl (C=O) groups excluding carboxylic acids is 3. The van der Waals surface area contributed by atoms with Crippen LogP contribution >= 0.6 is 27.7 Å². The van der Waals surface area contributed by atoms with Crippen molar-refractivity contribution in [2.24, 2.45) is 11.8 Å². The lowest BCUT2D eigenvalue weighted by atomic mass is 9.70. The number of thioether (sulfide) groups is 1. The minimum Gasteiger partial charge on any atom is -0.494 e. The number of amides is 3. The summed E-state index contributed by atoms with van der Waals surface area (Å²) in [4.78, 5) is 48.9. The van der Waals surface area contributed by atoms with Gasteiger partial charge in [0, 0.05) is 47.7 Å². The molecule has 0 radical (unpaired) electrons. The number of aliphatic hydroxyl groups excluding tert-OH is 1. The van der Waals surface area contributed by atoms with Gasteiger partial charge in [-0.1, -0.05) is 40.2 Å². The Kier molecular flexibility index (Phi) is 10.2. The van der Waals surface area contributed by atoms with Gasteiger partial charge in [0.25, 0.3) is 5.91 Å². The average Bonchev–Trinajstić information content (AvgIpc) is 3.62. The zero-order valence-electron chi connectivity index (χ0n) is 26.2. The van der Waals surface area contributed by atoms with Gasteiger partial charge in [-0.2, -0.15) is 0 Å². The summed E-state index contributed by atoms with van der Waals surface area (Å²) < 4.78 is 4.80. The molecule has 3 aliphatic heterocycles. The van der Waals surface area contributed by atoms with E-state index in [0.717, 1.165) is 16.8 Å². The molecule has 2 aromatic rings. The van der Waals surface area contributed by atoms with Gasteiger partial charge in [0.15, 0.2) is 0 Å². The van der Waals surface area contributed by atoms with Crippen molar-refractivity contribution in [3.05, 3.63) is 78.9 Å². The van der Waals surface area contributed by atoms with Crippen molar-refractivity contribution in [1.29, 1.82) is 0 Å². The number of aliphatic hydroxyl groups is 1. The Hall–Kier alpha value is -3.08. The predicted molar refractivity (Wildman–Crippen MR) is 184 cm³/mol. The highest BCUT2D eigenvalue weighted by atomic mass is 79.9. The van der Waals surface area contributed by atoms with Gasteiger partial charge >= 0.3 is 0 Å². The van der Waals surface area contributed by atoms with Gasteiger partial charge in [0.2, 0.25) is 11.8 Å². The van der Waals surface area contributed by atoms with Crippen molar-refractivity contribution in [3.63, 3.8) is 0 Å². The zero-order valence-corrected chi connectivity index (χ0v) is 28.6. The van der Waals surface area contributed by atoms with E-state index >= 15 is 0 Å². The van der Waals surface area contributed by atoms with Crippen LogP contribution in [0.3, 0.4) is 0 Å². The van der Waals surface area contributed by atoms with Crippen molar-refractivity contribution >= 4 is 56.8 Å². The number of halogens is 1. The molecular formula is C35H42BrN3O5S. The number of carbonyl (C=O) groups is 3. The van der Waals surface area contributed by atoms with Crippen LogP contribution in [0.5, 0.6) is 5.75 Å². The molecule has 240 valence electrons. The van der Waals surface area contributed by atoms with E-state index in [4.69, 9.17) is 4.74 Å². The molecular weight excluding hydrogens is 654 g/mol. The molecule has 8 nitrogen and oxygen atoms in total. The fraction of sp³-hybridized carbons (Fsp3) is 0.457. The van der Waals surface area contributed by atoms with Crippen molar-refractivity contribution < 1.29 is 24.2 Å². The Morgan fingerprint density at radius 3 is 2.44 bits per heavy atom. The van der Waals surface area contributed by atoms with Gasteiger partial charge in [-0.3, -0.25) is 14.4 Å². The second kappa shape index (κ2) is 13.7. The van der Waals surface area contributed by atoms with Crippen LogP contribution < -0.4 is 14.5 Å². The minimum absolute atomic E-state index is 0.0620. The topological polar surface area (TPSA) is 90.4 Å². The fourth-order valence-corrected chi connectivity index (χ4v) is 10.9. The molecule has 3 fully saturated rings. The molecule has 0 aromatic heterocycles. The highest BCUT2D eigenvalue weighted by Gasteiger charge is 2.76. The molecule has 3 unspecified atom stereocenters. The molecule has 6 atom stereocenters. The Balaban J connectivity index is 1.57. The first kappa shape index (κ1) is 33.3. The lowest BCUT2D eigenvalue weighted by Gasteiger charge is -2.38. The van der Waals surface area contributed by atoms with E-state index < -0.39 is 22.6 Å². The van der Waals surface area contributed by atoms with Gasteiger partial charge in [-0.25, -0.2) is 0 Å². The molecule has 0 aliphatic carbocycles. The molecule has 10 heteroatoms. The molecule has 1 N–H and O–H groups in total. The molecule has 2 bridgehead atoms. The van der Waals surface area contributed by atoms with Crippen molar-refractivity contribution in [2.45, 2.75) is 54.5 Å². The van der Waals surface area contributed by atoms with Gasteiger partial charge in [-0.05, 0) is 75.1 Å².